The smallest absolute Gasteiger partial charge is 0.191 e. The molecule has 3 rings (SSSR count). The predicted octanol–water partition coefficient (Wildman–Crippen LogP) is 2.04. The van der Waals surface area contributed by atoms with Crippen LogP contribution in [0.3, 0.4) is 0 Å². The second-order valence-electron chi connectivity index (χ2n) is 6.25. The molecule has 0 radical (unpaired) electrons. The van der Waals surface area contributed by atoms with Crippen molar-refractivity contribution in [3.63, 3.8) is 0 Å². The number of aliphatic imine (C=N–C) groups is 1. The highest BCUT2D eigenvalue weighted by Crippen LogP contribution is 2.35. The lowest BCUT2D eigenvalue weighted by molar-refractivity contribution is 0.213. The molecule has 1 aromatic rings. The Labute approximate surface area is 120 Å². The first-order valence-electron chi connectivity index (χ1n) is 7.31. The van der Waals surface area contributed by atoms with Gasteiger partial charge in [-0.3, -0.25) is 4.99 Å². The molecular weight excluding hydrogens is 250 g/mol. The Morgan fingerprint density at radius 1 is 1.35 bits per heavy atom. The molecular formula is C16H23N3O. The van der Waals surface area contributed by atoms with Gasteiger partial charge in [0, 0.05) is 6.54 Å². The lowest BCUT2D eigenvalue weighted by atomic mass is 9.91. The largest absolute Gasteiger partial charge is 0.497 e. The minimum atomic E-state index is 0.0151. The molecule has 4 heteroatoms. The van der Waals surface area contributed by atoms with Crippen molar-refractivity contribution in [2.24, 2.45) is 16.6 Å². The number of rotatable bonds is 5. The van der Waals surface area contributed by atoms with Crippen LogP contribution in [0, 0.1) is 5.92 Å². The molecule has 0 amide bonds. The molecule has 2 N–H and O–H groups in total. The highest BCUT2D eigenvalue weighted by Gasteiger charge is 2.40. The van der Waals surface area contributed by atoms with Gasteiger partial charge in [-0.05, 0) is 49.8 Å². The summed E-state index contributed by atoms with van der Waals surface area (Å²) in [6.45, 7) is 4.11. The van der Waals surface area contributed by atoms with E-state index in [1.807, 2.05) is 12.1 Å². The van der Waals surface area contributed by atoms with E-state index in [2.05, 4.69) is 28.9 Å². The Balaban J connectivity index is 1.73. The summed E-state index contributed by atoms with van der Waals surface area (Å²) in [7, 11) is 1.69. The van der Waals surface area contributed by atoms with Crippen molar-refractivity contribution in [3.8, 4) is 5.75 Å². The van der Waals surface area contributed by atoms with Crippen LogP contribution in [0.4, 0.5) is 0 Å². The van der Waals surface area contributed by atoms with Gasteiger partial charge in [0.05, 0.1) is 19.2 Å². The molecule has 1 saturated carbocycles. The van der Waals surface area contributed by atoms with Crippen molar-refractivity contribution in [3.05, 3.63) is 29.8 Å². The van der Waals surface area contributed by atoms with Gasteiger partial charge in [-0.2, -0.15) is 0 Å². The molecule has 0 aromatic heterocycles. The van der Waals surface area contributed by atoms with Crippen molar-refractivity contribution in [1.82, 2.24) is 4.90 Å². The number of benzene rings is 1. The number of ether oxygens (including phenoxy) is 1. The molecule has 4 nitrogen and oxygen atoms in total. The summed E-state index contributed by atoms with van der Waals surface area (Å²) in [5.74, 6) is 2.43. The third-order valence-electron chi connectivity index (χ3n) is 4.39. The second-order valence-corrected chi connectivity index (χ2v) is 6.25. The minimum absolute atomic E-state index is 0.0151. The third kappa shape index (κ3) is 2.60. The van der Waals surface area contributed by atoms with E-state index < -0.39 is 0 Å². The van der Waals surface area contributed by atoms with Gasteiger partial charge in [-0.25, -0.2) is 0 Å². The fraction of sp³-hybridized carbons (Fsp3) is 0.562. The van der Waals surface area contributed by atoms with Gasteiger partial charge in [0.2, 0.25) is 0 Å². The first-order chi connectivity index (χ1) is 9.60. The van der Waals surface area contributed by atoms with E-state index in [1.54, 1.807) is 7.11 Å². The van der Waals surface area contributed by atoms with Gasteiger partial charge in [0.1, 0.15) is 5.75 Å². The molecule has 20 heavy (non-hydrogen) atoms. The molecule has 0 saturated heterocycles. The van der Waals surface area contributed by atoms with Crippen molar-refractivity contribution in [2.75, 3.05) is 20.2 Å². The van der Waals surface area contributed by atoms with E-state index in [4.69, 9.17) is 10.5 Å². The van der Waals surface area contributed by atoms with Crippen LogP contribution >= 0.6 is 0 Å². The van der Waals surface area contributed by atoms with E-state index in [0.717, 1.165) is 31.2 Å². The Morgan fingerprint density at radius 3 is 2.65 bits per heavy atom. The first-order valence-corrected chi connectivity index (χ1v) is 7.31. The molecule has 2 aliphatic rings. The van der Waals surface area contributed by atoms with Crippen LogP contribution in [0.25, 0.3) is 0 Å². The lowest BCUT2D eigenvalue weighted by Gasteiger charge is -2.36. The quantitative estimate of drug-likeness (QED) is 0.893. The van der Waals surface area contributed by atoms with Crippen molar-refractivity contribution in [2.45, 2.75) is 31.7 Å². The van der Waals surface area contributed by atoms with Crippen LogP contribution in [0.15, 0.2) is 29.3 Å². The summed E-state index contributed by atoms with van der Waals surface area (Å²) in [4.78, 5) is 6.79. The fourth-order valence-corrected chi connectivity index (χ4v) is 2.91. The molecule has 1 aromatic carbocycles. The standard InChI is InChI=1S/C16H23N3O/c1-16(9-12-5-7-14(20-2)8-6-12)11-18-15(17)19(16)10-13-3-4-13/h5-8,13H,3-4,9-11H2,1-2H3,(H2,17,18). The van der Waals surface area contributed by atoms with Crippen LogP contribution in [0.1, 0.15) is 25.3 Å². The van der Waals surface area contributed by atoms with Crippen LogP contribution in [-0.2, 0) is 6.42 Å². The Bertz CT molecular complexity index is 507. The molecule has 1 atom stereocenters. The highest BCUT2D eigenvalue weighted by molar-refractivity contribution is 5.81. The summed E-state index contributed by atoms with van der Waals surface area (Å²) in [5, 5.41) is 0. The van der Waals surface area contributed by atoms with Gasteiger partial charge in [-0.1, -0.05) is 12.1 Å². The monoisotopic (exact) mass is 273 g/mol. The minimum Gasteiger partial charge on any atom is -0.497 e. The SMILES string of the molecule is COc1ccc(CC2(C)CN=C(N)N2CC2CC2)cc1. The first kappa shape index (κ1) is 13.3. The van der Waals surface area contributed by atoms with Crippen LogP contribution < -0.4 is 10.5 Å². The van der Waals surface area contributed by atoms with Crippen LogP contribution in [0.2, 0.25) is 0 Å². The fourth-order valence-electron chi connectivity index (χ4n) is 2.91. The summed E-state index contributed by atoms with van der Waals surface area (Å²) in [6.07, 6.45) is 3.64. The summed E-state index contributed by atoms with van der Waals surface area (Å²) >= 11 is 0. The van der Waals surface area contributed by atoms with Gasteiger partial charge in [0.25, 0.3) is 0 Å². The average Bonchev–Trinajstić information content (AvgIpc) is 3.22. The van der Waals surface area contributed by atoms with Gasteiger partial charge in [-0.15, -0.1) is 0 Å². The third-order valence-corrected chi connectivity index (χ3v) is 4.39. The van der Waals surface area contributed by atoms with Gasteiger partial charge < -0.3 is 15.4 Å². The maximum Gasteiger partial charge on any atom is 0.191 e. The Hall–Kier alpha value is -1.71. The average molecular weight is 273 g/mol. The summed E-state index contributed by atoms with van der Waals surface area (Å²) in [6, 6.07) is 8.30. The zero-order valence-corrected chi connectivity index (χ0v) is 12.3. The number of hydrogen-bond acceptors (Lipinski definition) is 4. The normalized spacial score (nSPS) is 25.7. The maximum absolute atomic E-state index is 6.09. The van der Waals surface area contributed by atoms with E-state index in [9.17, 15) is 0 Å². The molecule has 0 bridgehead atoms. The van der Waals surface area contributed by atoms with Crippen molar-refractivity contribution < 1.29 is 4.74 Å². The van der Waals surface area contributed by atoms with Crippen molar-refractivity contribution >= 4 is 5.96 Å². The van der Waals surface area contributed by atoms with E-state index >= 15 is 0 Å². The molecule has 0 spiro atoms. The van der Waals surface area contributed by atoms with Crippen LogP contribution in [0.5, 0.6) is 5.75 Å². The molecule has 108 valence electrons. The number of hydrogen-bond donors (Lipinski definition) is 1. The van der Waals surface area contributed by atoms with E-state index in [0.29, 0.717) is 5.96 Å². The molecule has 1 heterocycles. The van der Waals surface area contributed by atoms with Gasteiger partial charge >= 0.3 is 0 Å². The van der Waals surface area contributed by atoms with E-state index in [1.165, 1.54) is 18.4 Å². The molecule has 1 fully saturated rings. The second kappa shape index (κ2) is 5.00. The molecule has 1 aliphatic heterocycles. The summed E-state index contributed by atoms with van der Waals surface area (Å²) < 4.78 is 5.21. The number of methoxy groups -OCH3 is 1. The number of guanidine groups is 1. The molecule has 1 aliphatic carbocycles. The Morgan fingerprint density at radius 2 is 2.05 bits per heavy atom. The maximum atomic E-state index is 6.09. The zero-order valence-electron chi connectivity index (χ0n) is 12.3. The topological polar surface area (TPSA) is 50.9 Å². The van der Waals surface area contributed by atoms with Crippen LogP contribution in [-0.4, -0.2) is 36.6 Å². The number of nitrogens with two attached hydrogens (primary N) is 1. The Kier molecular flexibility index (Phi) is 3.32. The molecule has 1 unspecified atom stereocenters. The van der Waals surface area contributed by atoms with Crippen molar-refractivity contribution in [1.29, 1.82) is 0 Å². The summed E-state index contributed by atoms with van der Waals surface area (Å²) in [5.41, 5.74) is 7.41. The number of nitrogens with zero attached hydrogens (tertiary/aromatic N) is 2. The predicted molar refractivity (Wildman–Crippen MR) is 81.0 cm³/mol. The van der Waals surface area contributed by atoms with Gasteiger partial charge in [0.15, 0.2) is 5.96 Å². The highest BCUT2D eigenvalue weighted by atomic mass is 16.5. The zero-order chi connectivity index (χ0) is 14.2. The lowest BCUT2D eigenvalue weighted by Crippen LogP contribution is -2.51. The van der Waals surface area contributed by atoms with E-state index in [-0.39, 0.29) is 5.54 Å².